The molecular formula is C13H12BrClN2O2. The van der Waals surface area contributed by atoms with E-state index in [0.717, 1.165) is 15.5 Å². The molecular weight excluding hydrogens is 332 g/mol. The Morgan fingerprint density at radius 2 is 2.16 bits per heavy atom. The van der Waals surface area contributed by atoms with E-state index in [4.69, 9.17) is 16.3 Å². The van der Waals surface area contributed by atoms with Gasteiger partial charge >= 0.3 is 5.97 Å². The number of aryl methyl sites for hydroxylation is 1. The van der Waals surface area contributed by atoms with Crippen molar-refractivity contribution in [1.29, 1.82) is 0 Å². The van der Waals surface area contributed by atoms with Crippen molar-refractivity contribution in [3.05, 3.63) is 33.5 Å². The van der Waals surface area contributed by atoms with Crippen molar-refractivity contribution in [2.75, 3.05) is 6.61 Å². The summed E-state index contributed by atoms with van der Waals surface area (Å²) in [5.74, 6) is -0.255. The van der Waals surface area contributed by atoms with E-state index in [1.165, 1.54) is 0 Å². The molecule has 0 aliphatic rings. The number of nitrogens with zero attached hydrogens (tertiary/aromatic N) is 2. The minimum absolute atomic E-state index is 0.252. The van der Waals surface area contributed by atoms with Gasteiger partial charge in [-0.1, -0.05) is 27.5 Å². The molecule has 6 heteroatoms. The van der Waals surface area contributed by atoms with E-state index in [1.54, 1.807) is 6.92 Å². The van der Waals surface area contributed by atoms with Crippen LogP contribution in [0.15, 0.2) is 22.7 Å². The summed E-state index contributed by atoms with van der Waals surface area (Å²) in [6.07, 6.45) is 0.675. The Labute approximate surface area is 124 Å². The number of carbonyl (C=O) groups is 1. The van der Waals surface area contributed by atoms with Crippen LogP contribution in [0, 0.1) is 0 Å². The van der Waals surface area contributed by atoms with Crippen LogP contribution >= 0.6 is 27.5 Å². The molecule has 4 nitrogen and oxygen atoms in total. The fourth-order valence-corrected chi connectivity index (χ4v) is 2.23. The van der Waals surface area contributed by atoms with Gasteiger partial charge in [0.2, 0.25) is 0 Å². The molecule has 0 unspecified atom stereocenters. The molecule has 1 aromatic heterocycles. The Kier molecular flexibility index (Phi) is 4.71. The van der Waals surface area contributed by atoms with E-state index in [1.807, 2.05) is 18.2 Å². The molecule has 2 rings (SSSR count). The van der Waals surface area contributed by atoms with Crippen molar-refractivity contribution in [2.24, 2.45) is 0 Å². The van der Waals surface area contributed by atoms with E-state index >= 15 is 0 Å². The first-order valence-corrected chi connectivity index (χ1v) is 7.04. The third-order valence-electron chi connectivity index (χ3n) is 2.52. The molecule has 0 amide bonds. The smallest absolute Gasteiger partial charge is 0.306 e. The normalized spacial score (nSPS) is 10.7. The maximum atomic E-state index is 11.3. The number of benzene rings is 1. The second kappa shape index (κ2) is 6.30. The Bertz CT molecular complexity index is 619. The average molecular weight is 344 g/mol. The lowest BCUT2D eigenvalue weighted by Gasteiger charge is -2.05. The van der Waals surface area contributed by atoms with Crippen molar-refractivity contribution in [3.8, 4) is 0 Å². The third kappa shape index (κ3) is 3.64. The van der Waals surface area contributed by atoms with Crippen LogP contribution in [0.4, 0.5) is 0 Å². The Morgan fingerprint density at radius 3 is 2.89 bits per heavy atom. The topological polar surface area (TPSA) is 52.1 Å². The summed E-state index contributed by atoms with van der Waals surface area (Å²) >= 11 is 9.45. The molecule has 0 saturated heterocycles. The van der Waals surface area contributed by atoms with Gasteiger partial charge in [0.05, 0.1) is 29.8 Å². The van der Waals surface area contributed by atoms with Gasteiger partial charge in [0.25, 0.3) is 0 Å². The van der Waals surface area contributed by atoms with E-state index in [-0.39, 0.29) is 12.4 Å². The summed E-state index contributed by atoms with van der Waals surface area (Å²) in [6.45, 7) is 2.15. The maximum absolute atomic E-state index is 11.3. The molecule has 0 atom stereocenters. The quantitative estimate of drug-likeness (QED) is 0.797. The highest BCUT2D eigenvalue weighted by Gasteiger charge is 2.10. The fraction of sp³-hybridized carbons (Fsp3) is 0.308. The van der Waals surface area contributed by atoms with Crippen molar-refractivity contribution in [2.45, 2.75) is 19.8 Å². The summed E-state index contributed by atoms with van der Waals surface area (Å²) in [6, 6.07) is 5.59. The van der Waals surface area contributed by atoms with E-state index in [9.17, 15) is 4.79 Å². The predicted molar refractivity (Wildman–Crippen MR) is 77.2 cm³/mol. The number of hydrogen-bond donors (Lipinski definition) is 0. The van der Waals surface area contributed by atoms with Crippen LogP contribution in [-0.2, 0) is 16.0 Å². The Balaban J connectivity index is 2.23. The molecule has 100 valence electrons. The number of carbonyl (C=O) groups excluding carboxylic acids is 1. The molecule has 19 heavy (non-hydrogen) atoms. The minimum Gasteiger partial charge on any atom is -0.466 e. The molecule has 1 heterocycles. The number of aromatic nitrogens is 2. The van der Waals surface area contributed by atoms with E-state index in [0.29, 0.717) is 23.9 Å². The first-order chi connectivity index (χ1) is 9.10. The van der Waals surface area contributed by atoms with Crippen molar-refractivity contribution in [1.82, 2.24) is 9.97 Å². The van der Waals surface area contributed by atoms with Gasteiger partial charge in [0.15, 0.2) is 5.15 Å². The Morgan fingerprint density at radius 1 is 1.37 bits per heavy atom. The monoisotopic (exact) mass is 342 g/mol. The second-order valence-corrected chi connectivity index (χ2v) is 5.17. The molecule has 0 spiro atoms. The van der Waals surface area contributed by atoms with Gasteiger partial charge < -0.3 is 4.74 Å². The predicted octanol–water partition coefficient (Wildman–Crippen LogP) is 3.54. The number of esters is 1. The molecule has 0 aliphatic heterocycles. The number of fused-ring (bicyclic) bond motifs is 1. The zero-order chi connectivity index (χ0) is 13.8. The number of ether oxygens (including phenoxy) is 1. The van der Waals surface area contributed by atoms with Crippen LogP contribution < -0.4 is 0 Å². The third-order valence-corrected chi connectivity index (χ3v) is 3.32. The van der Waals surface area contributed by atoms with E-state index in [2.05, 4.69) is 25.9 Å². The first-order valence-electron chi connectivity index (χ1n) is 5.87. The molecule has 2 aromatic rings. The Hall–Kier alpha value is -1.20. The van der Waals surface area contributed by atoms with Gasteiger partial charge in [-0.05, 0) is 25.1 Å². The summed E-state index contributed by atoms with van der Waals surface area (Å²) in [7, 11) is 0. The van der Waals surface area contributed by atoms with Crippen LogP contribution in [-0.4, -0.2) is 22.5 Å². The van der Waals surface area contributed by atoms with Gasteiger partial charge in [-0.2, -0.15) is 0 Å². The zero-order valence-electron chi connectivity index (χ0n) is 10.3. The molecule has 0 bridgehead atoms. The van der Waals surface area contributed by atoms with Crippen LogP contribution in [0.5, 0.6) is 0 Å². The van der Waals surface area contributed by atoms with E-state index < -0.39 is 0 Å². The molecule has 0 aliphatic carbocycles. The standard InChI is InChI=1S/C13H12BrClN2O2/c1-2-19-12(18)6-5-10-13(15)17-9-4-3-8(14)7-11(9)16-10/h3-4,7H,2,5-6H2,1H3. The zero-order valence-corrected chi connectivity index (χ0v) is 12.7. The largest absolute Gasteiger partial charge is 0.466 e. The van der Waals surface area contributed by atoms with Gasteiger partial charge in [0, 0.05) is 10.9 Å². The second-order valence-electron chi connectivity index (χ2n) is 3.90. The van der Waals surface area contributed by atoms with Crippen LogP contribution in [0.25, 0.3) is 11.0 Å². The van der Waals surface area contributed by atoms with Gasteiger partial charge in [-0.25, -0.2) is 9.97 Å². The number of hydrogen-bond acceptors (Lipinski definition) is 4. The fourth-order valence-electron chi connectivity index (χ4n) is 1.66. The van der Waals surface area contributed by atoms with Crippen LogP contribution in [0.2, 0.25) is 5.15 Å². The van der Waals surface area contributed by atoms with Gasteiger partial charge in [-0.3, -0.25) is 4.79 Å². The van der Waals surface area contributed by atoms with Gasteiger partial charge in [0.1, 0.15) is 0 Å². The molecule has 0 saturated carbocycles. The lowest BCUT2D eigenvalue weighted by atomic mass is 10.2. The van der Waals surface area contributed by atoms with Crippen molar-refractivity contribution >= 4 is 44.5 Å². The minimum atomic E-state index is -0.255. The maximum Gasteiger partial charge on any atom is 0.306 e. The number of rotatable bonds is 4. The van der Waals surface area contributed by atoms with Gasteiger partial charge in [-0.15, -0.1) is 0 Å². The molecule has 0 radical (unpaired) electrons. The summed E-state index contributed by atoms with van der Waals surface area (Å²) in [4.78, 5) is 20.0. The highest BCUT2D eigenvalue weighted by atomic mass is 79.9. The van der Waals surface area contributed by atoms with Crippen LogP contribution in [0.1, 0.15) is 19.0 Å². The average Bonchev–Trinajstić information content (AvgIpc) is 2.37. The summed E-state index contributed by atoms with van der Waals surface area (Å²) in [5, 5.41) is 0.333. The van der Waals surface area contributed by atoms with Crippen molar-refractivity contribution < 1.29 is 9.53 Å². The first kappa shape index (κ1) is 14.2. The molecule has 0 fully saturated rings. The highest BCUT2D eigenvalue weighted by Crippen LogP contribution is 2.21. The lowest BCUT2D eigenvalue weighted by Crippen LogP contribution is -2.06. The summed E-state index contributed by atoms with van der Waals surface area (Å²) < 4.78 is 5.80. The van der Waals surface area contributed by atoms with Crippen molar-refractivity contribution in [3.63, 3.8) is 0 Å². The SMILES string of the molecule is CCOC(=O)CCc1nc2cc(Br)ccc2nc1Cl. The summed E-state index contributed by atoms with van der Waals surface area (Å²) in [5.41, 5.74) is 2.09. The van der Waals surface area contributed by atoms with Crippen LogP contribution in [0.3, 0.4) is 0 Å². The number of halogens is 2. The highest BCUT2D eigenvalue weighted by molar-refractivity contribution is 9.10. The lowest BCUT2D eigenvalue weighted by molar-refractivity contribution is -0.143. The molecule has 1 aromatic carbocycles. The molecule has 0 N–H and O–H groups in total.